The number of carbonyl (C=O) groups excluding carboxylic acids is 2. The number of esters is 1. The van der Waals surface area contributed by atoms with Crippen molar-refractivity contribution in [2.45, 2.75) is 25.3 Å². The summed E-state index contributed by atoms with van der Waals surface area (Å²) in [5.41, 5.74) is -3.61. The molecule has 1 aliphatic rings. The van der Waals surface area contributed by atoms with Crippen LogP contribution in [-0.4, -0.2) is 37.7 Å². The molecule has 0 radical (unpaired) electrons. The van der Waals surface area contributed by atoms with E-state index in [-0.39, 0.29) is 22.0 Å². The van der Waals surface area contributed by atoms with Gasteiger partial charge in [0.1, 0.15) is 11.4 Å². The molecule has 1 fully saturated rings. The fourth-order valence-corrected chi connectivity index (χ4v) is 3.31. The van der Waals surface area contributed by atoms with Crippen LogP contribution in [0.25, 0.3) is 5.69 Å². The number of benzene rings is 1. The number of ether oxygens (including phenoxy) is 1. The number of nitrogens with zero attached hydrogens (tertiary/aromatic N) is 3. The Morgan fingerprint density at radius 1 is 1.23 bits per heavy atom. The van der Waals surface area contributed by atoms with Gasteiger partial charge in [-0.05, 0) is 44.1 Å². The predicted molar refractivity (Wildman–Crippen MR) is 108 cm³/mol. The quantitative estimate of drug-likeness (QED) is 0.536. The molecule has 0 unspecified atom stereocenters. The number of aromatic nitrogens is 3. The van der Waals surface area contributed by atoms with E-state index < -0.39 is 40.3 Å². The fraction of sp³-hybridized carbons (Fsp3) is 0.389. The van der Waals surface area contributed by atoms with Crippen molar-refractivity contribution in [1.82, 2.24) is 19.0 Å². The average molecular weight is 457 g/mol. The van der Waals surface area contributed by atoms with Gasteiger partial charge >= 0.3 is 17.3 Å². The number of nitrogens with one attached hydrogen (secondary N) is 1. The highest BCUT2D eigenvalue weighted by atomic mass is 35.5. The van der Waals surface area contributed by atoms with Crippen LogP contribution >= 0.6 is 23.8 Å². The van der Waals surface area contributed by atoms with Crippen LogP contribution in [0.5, 0.6) is 0 Å². The van der Waals surface area contributed by atoms with Crippen LogP contribution in [0.3, 0.4) is 0 Å². The van der Waals surface area contributed by atoms with Crippen LogP contribution in [0.4, 0.5) is 4.39 Å². The Hall–Kier alpha value is -2.79. The monoisotopic (exact) mass is 456 g/mol. The second kappa shape index (κ2) is 7.80. The molecule has 9 nitrogen and oxygen atoms in total. The lowest BCUT2D eigenvalue weighted by atomic mass is 10.1. The van der Waals surface area contributed by atoms with Crippen molar-refractivity contribution < 1.29 is 18.7 Å². The zero-order valence-corrected chi connectivity index (χ0v) is 17.9. The molecule has 1 amide bonds. The second-order valence-electron chi connectivity index (χ2n) is 6.84. The number of hydrogen-bond acceptors (Lipinski definition) is 6. The van der Waals surface area contributed by atoms with E-state index >= 15 is 0 Å². The highest BCUT2D eigenvalue weighted by molar-refractivity contribution is 7.71. The van der Waals surface area contributed by atoms with Crippen LogP contribution in [0.1, 0.15) is 30.1 Å². The molecule has 0 atom stereocenters. The van der Waals surface area contributed by atoms with Gasteiger partial charge in [-0.3, -0.25) is 13.9 Å². The molecule has 0 spiro atoms. The molecule has 1 aliphatic carbocycles. The van der Waals surface area contributed by atoms with Crippen molar-refractivity contribution in [2.24, 2.45) is 14.1 Å². The zero-order valence-electron chi connectivity index (χ0n) is 16.3. The maximum absolute atomic E-state index is 14.6. The van der Waals surface area contributed by atoms with Crippen molar-refractivity contribution in [2.75, 3.05) is 6.61 Å². The lowest BCUT2D eigenvalue weighted by Gasteiger charge is -2.17. The molecule has 1 heterocycles. The summed E-state index contributed by atoms with van der Waals surface area (Å²) in [5, 5.41) is 2.31. The van der Waals surface area contributed by atoms with Crippen molar-refractivity contribution >= 4 is 35.7 Å². The molecule has 1 aromatic heterocycles. The first-order valence-electron chi connectivity index (χ1n) is 8.92. The molecule has 1 saturated carbocycles. The van der Waals surface area contributed by atoms with E-state index in [0.717, 1.165) is 21.3 Å². The number of amides is 1. The molecule has 1 aromatic carbocycles. The summed E-state index contributed by atoms with van der Waals surface area (Å²) in [6.07, 6.45) is 0.777. The van der Waals surface area contributed by atoms with Crippen molar-refractivity contribution in [3.63, 3.8) is 0 Å². The van der Waals surface area contributed by atoms with Gasteiger partial charge in [0, 0.05) is 14.1 Å². The Balaban J connectivity index is 2.10. The van der Waals surface area contributed by atoms with Crippen molar-refractivity contribution in [3.05, 3.63) is 54.3 Å². The third-order valence-electron chi connectivity index (χ3n) is 4.82. The van der Waals surface area contributed by atoms with Crippen LogP contribution < -0.4 is 16.7 Å². The molecule has 0 aliphatic heterocycles. The van der Waals surface area contributed by atoms with E-state index in [0.29, 0.717) is 17.4 Å². The van der Waals surface area contributed by atoms with Gasteiger partial charge in [0.25, 0.3) is 5.91 Å². The Bertz CT molecular complexity index is 1200. The Labute approximate surface area is 179 Å². The largest absolute Gasteiger partial charge is 0.464 e. The van der Waals surface area contributed by atoms with E-state index in [9.17, 15) is 23.6 Å². The number of halogens is 2. The first-order valence-corrected chi connectivity index (χ1v) is 9.71. The van der Waals surface area contributed by atoms with Crippen LogP contribution in [0, 0.1) is 10.6 Å². The van der Waals surface area contributed by atoms with Gasteiger partial charge in [-0.1, -0.05) is 11.6 Å². The molecule has 12 heteroatoms. The lowest BCUT2D eigenvalue weighted by molar-refractivity contribution is -0.146. The predicted octanol–water partition coefficient (Wildman–Crippen LogP) is 1.22. The maximum Gasteiger partial charge on any atom is 0.338 e. The number of rotatable bonds is 5. The first-order chi connectivity index (χ1) is 14.0. The van der Waals surface area contributed by atoms with Gasteiger partial charge in [-0.2, -0.15) is 0 Å². The maximum atomic E-state index is 14.6. The fourth-order valence-electron chi connectivity index (χ4n) is 2.92. The normalized spacial score (nSPS) is 14.3. The van der Waals surface area contributed by atoms with E-state index in [1.54, 1.807) is 6.92 Å². The highest BCUT2D eigenvalue weighted by Gasteiger charge is 2.53. The van der Waals surface area contributed by atoms with Crippen molar-refractivity contribution in [1.29, 1.82) is 0 Å². The Morgan fingerprint density at radius 3 is 2.30 bits per heavy atom. The lowest BCUT2D eigenvalue weighted by Crippen LogP contribution is -2.45. The minimum Gasteiger partial charge on any atom is -0.464 e. The van der Waals surface area contributed by atoms with E-state index in [1.807, 2.05) is 0 Å². The third kappa shape index (κ3) is 3.58. The summed E-state index contributed by atoms with van der Waals surface area (Å²) >= 11 is 11.0. The molecule has 3 rings (SSSR count). The summed E-state index contributed by atoms with van der Waals surface area (Å²) in [5.74, 6) is -2.32. The summed E-state index contributed by atoms with van der Waals surface area (Å²) in [6.45, 7) is 1.80. The Kier molecular flexibility index (Phi) is 5.70. The molecule has 0 saturated heterocycles. The summed E-state index contributed by atoms with van der Waals surface area (Å²) in [6, 6.07) is 1.81. The van der Waals surface area contributed by atoms with Gasteiger partial charge in [-0.15, -0.1) is 0 Å². The minimum atomic E-state index is -1.16. The van der Waals surface area contributed by atoms with Gasteiger partial charge in [0.05, 0.1) is 22.9 Å². The van der Waals surface area contributed by atoms with Crippen LogP contribution in [-0.2, 0) is 23.6 Å². The molecular formula is C18H18ClFN4O5S. The SMILES string of the molecule is CCOC(=O)C1(NC(=O)c2cc(-n3c(=O)n(C)c(=S)n(C)c3=O)c(F)cc2Cl)CC1. The smallest absolute Gasteiger partial charge is 0.338 e. The molecule has 160 valence electrons. The third-order valence-corrected chi connectivity index (χ3v) is 5.68. The van der Waals surface area contributed by atoms with Crippen LogP contribution in [0.15, 0.2) is 21.7 Å². The molecule has 1 N–H and O–H groups in total. The van der Waals surface area contributed by atoms with E-state index in [1.165, 1.54) is 14.1 Å². The van der Waals surface area contributed by atoms with Gasteiger partial charge in [0.2, 0.25) is 0 Å². The van der Waals surface area contributed by atoms with Gasteiger partial charge < -0.3 is 10.1 Å². The van der Waals surface area contributed by atoms with Gasteiger partial charge in [0.15, 0.2) is 4.77 Å². The van der Waals surface area contributed by atoms with E-state index in [4.69, 9.17) is 28.6 Å². The highest BCUT2D eigenvalue weighted by Crippen LogP contribution is 2.37. The summed E-state index contributed by atoms with van der Waals surface area (Å²) in [4.78, 5) is 50.0. The number of carbonyl (C=O) groups is 2. The second-order valence-corrected chi connectivity index (χ2v) is 7.61. The molecular weight excluding hydrogens is 439 g/mol. The topological polar surface area (TPSA) is 104 Å². The number of hydrogen-bond donors (Lipinski definition) is 1. The first kappa shape index (κ1) is 21.9. The molecule has 2 aromatic rings. The van der Waals surface area contributed by atoms with E-state index in [2.05, 4.69) is 5.32 Å². The standard InChI is InChI=1S/C18H18ClFN4O5S/c1-4-29-14(26)18(5-6-18)21-13(25)9-7-12(11(20)8-10(9)19)24-15(27)22(2)17(30)23(3)16(24)28/h7-8H,4-6H2,1-3H3,(H,21,25). The average Bonchev–Trinajstić information content (AvgIpc) is 3.47. The zero-order chi connectivity index (χ0) is 22.4. The Morgan fingerprint density at radius 2 is 1.80 bits per heavy atom. The minimum absolute atomic E-state index is 0.0568. The molecule has 30 heavy (non-hydrogen) atoms. The molecule has 0 bridgehead atoms. The van der Waals surface area contributed by atoms with Gasteiger partial charge in [-0.25, -0.2) is 23.3 Å². The van der Waals surface area contributed by atoms with Crippen molar-refractivity contribution in [3.8, 4) is 5.69 Å². The van der Waals surface area contributed by atoms with Crippen LogP contribution in [0.2, 0.25) is 5.02 Å². The summed E-state index contributed by atoms with van der Waals surface area (Å²) < 4.78 is 22.1. The summed E-state index contributed by atoms with van der Waals surface area (Å²) in [7, 11) is 2.66.